The van der Waals surface area contributed by atoms with E-state index in [0.717, 1.165) is 36.0 Å². The number of alkyl halides is 3. The lowest BCUT2D eigenvalue weighted by molar-refractivity contribution is -0.137. The van der Waals surface area contributed by atoms with Crippen molar-refractivity contribution in [2.24, 2.45) is 0 Å². The number of hydrogen-bond donors (Lipinski definition) is 1. The minimum absolute atomic E-state index is 0.0667. The lowest BCUT2D eigenvalue weighted by Crippen LogP contribution is -2.41. The molecule has 0 aliphatic rings. The number of carbonyl (C=O) groups is 1. The van der Waals surface area contributed by atoms with Gasteiger partial charge in [-0.2, -0.15) is 18.3 Å². The highest BCUT2D eigenvalue weighted by Gasteiger charge is 2.40. The molecule has 1 N–H and O–H groups in total. The van der Waals surface area contributed by atoms with Gasteiger partial charge in [-0.25, -0.2) is 9.67 Å². The van der Waals surface area contributed by atoms with E-state index in [-0.39, 0.29) is 17.1 Å². The fourth-order valence-electron chi connectivity index (χ4n) is 2.96. The third kappa shape index (κ3) is 5.41. The third-order valence-electron chi connectivity index (χ3n) is 4.67. The van der Waals surface area contributed by atoms with Crippen LogP contribution in [-0.4, -0.2) is 30.2 Å². The van der Waals surface area contributed by atoms with Gasteiger partial charge in [-0.15, -0.1) is 0 Å². The van der Waals surface area contributed by atoms with E-state index < -0.39 is 27.7 Å². The number of aliphatic hydroxyl groups is 1. The summed E-state index contributed by atoms with van der Waals surface area (Å²) in [6.07, 6.45) is -1.79. The van der Waals surface area contributed by atoms with Crippen molar-refractivity contribution in [2.75, 3.05) is 0 Å². The molecule has 0 aliphatic carbocycles. The summed E-state index contributed by atoms with van der Waals surface area (Å²) >= 11 is 13.1. The van der Waals surface area contributed by atoms with Crippen LogP contribution in [0.5, 0.6) is 0 Å². The molecule has 0 amide bonds. The Labute approximate surface area is 190 Å². The first-order chi connectivity index (χ1) is 14.5. The van der Waals surface area contributed by atoms with Gasteiger partial charge in [0.25, 0.3) is 0 Å². The maximum atomic E-state index is 12.8. The van der Waals surface area contributed by atoms with E-state index in [0.29, 0.717) is 10.6 Å². The Kier molecular flexibility index (Phi) is 7.00. The fraction of sp³-hybridized carbons (Fsp3) is 0.250. The van der Waals surface area contributed by atoms with E-state index in [4.69, 9.17) is 23.2 Å². The monoisotopic (exact) mass is 489 g/mol. The Morgan fingerprint density at radius 3 is 2.42 bits per heavy atom. The second-order valence-corrected chi connectivity index (χ2v) is 8.92. The van der Waals surface area contributed by atoms with E-state index >= 15 is 0 Å². The fourth-order valence-corrected chi connectivity index (χ4v) is 4.52. The van der Waals surface area contributed by atoms with Gasteiger partial charge in [0.1, 0.15) is 18.3 Å². The molecule has 3 rings (SSSR count). The average Bonchev–Trinajstić information content (AvgIpc) is 3.19. The molecule has 1 heterocycles. The Bertz CT molecular complexity index is 1060. The highest BCUT2D eigenvalue weighted by atomic mass is 35.5. The van der Waals surface area contributed by atoms with Crippen molar-refractivity contribution in [1.82, 2.24) is 14.8 Å². The van der Waals surface area contributed by atoms with Crippen molar-refractivity contribution in [3.8, 4) is 0 Å². The van der Waals surface area contributed by atoms with Crippen LogP contribution in [0.1, 0.15) is 28.4 Å². The van der Waals surface area contributed by atoms with Gasteiger partial charge in [0, 0.05) is 26.4 Å². The normalized spacial score (nSPS) is 14.8. The molecular weight excluding hydrogens is 474 g/mol. The summed E-state index contributed by atoms with van der Waals surface area (Å²) < 4.78 is 39.7. The molecule has 5 nitrogen and oxygen atoms in total. The summed E-state index contributed by atoms with van der Waals surface area (Å²) in [6.45, 7) is 1.55. The van der Waals surface area contributed by atoms with Crippen molar-refractivity contribution in [2.45, 2.75) is 30.5 Å². The molecule has 164 valence electrons. The van der Waals surface area contributed by atoms with Crippen LogP contribution in [0.25, 0.3) is 0 Å². The molecule has 0 spiro atoms. The van der Waals surface area contributed by atoms with Gasteiger partial charge >= 0.3 is 6.18 Å². The lowest BCUT2D eigenvalue weighted by Gasteiger charge is -2.34. The Balaban J connectivity index is 1.89. The van der Waals surface area contributed by atoms with Crippen molar-refractivity contribution >= 4 is 40.1 Å². The van der Waals surface area contributed by atoms with Crippen molar-refractivity contribution < 1.29 is 23.1 Å². The number of aromatic nitrogens is 3. The number of thioether (sulfide) groups is 1. The summed E-state index contributed by atoms with van der Waals surface area (Å²) in [4.78, 5) is 16.6. The lowest BCUT2D eigenvalue weighted by atomic mass is 9.90. The molecule has 2 unspecified atom stereocenters. The molecule has 0 fully saturated rings. The smallest absolute Gasteiger partial charge is 0.382 e. The summed E-state index contributed by atoms with van der Waals surface area (Å²) in [7, 11) is 0. The molecule has 2 aromatic carbocycles. The molecule has 2 atom stereocenters. The van der Waals surface area contributed by atoms with Crippen molar-refractivity contribution in [3.63, 3.8) is 0 Å². The second kappa shape index (κ2) is 9.20. The average molecular weight is 490 g/mol. The molecule has 11 heteroatoms. The summed E-state index contributed by atoms with van der Waals surface area (Å²) in [5.74, 6) is 0. The SMILES string of the molecule is CC(SC(=O)c1ccc(C(F)(F)F)cc1)C(O)(Cn1cncn1)c1ccc(Cl)cc1Cl. The van der Waals surface area contributed by atoms with Crippen molar-refractivity contribution in [3.05, 3.63) is 81.9 Å². The van der Waals surface area contributed by atoms with E-state index in [1.54, 1.807) is 19.1 Å². The molecule has 31 heavy (non-hydrogen) atoms. The quantitative estimate of drug-likeness (QED) is 0.498. The number of rotatable bonds is 6. The Morgan fingerprint density at radius 1 is 1.19 bits per heavy atom. The molecule has 0 saturated heterocycles. The third-order valence-corrected chi connectivity index (χ3v) is 6.41. The van der Waals surface area contributed by atoms with Gasteiger partial charge < -0.3 is 5.11 Å². The highest BCUT2D eigenvalue weighted by Crippen LogP contribution is 2.40. The van der Waals surface area contributed by atoms with E-state index in [1.165, 1.54) is 23.4 Å². The van der Waals surface area contributed by atoms with Crippen LogP contribution >= 0.6 is 35.0 Å². The Morgan fingerprint density at radius 2 is 1.87 bits per heavy atom. The number of halogens is 5. The Hall–Kier alpha value is -2.07. The van der Waals surface area contributed by atoms with Crippen LogP contribution in [-0.2, 0) is 18.3 Å². The van der Waals surface area contributed by atoms with Crippen LogP contribution < -0.4 is 0 Å². The van der Waals surface area contributed by atoms with Crippen LogP contribution in [0.2, 0.25) is 10.0 Å². The molecule has 0 saturated carbocycles. The number of nitrogens with zero attached hydrogens (tertiary/aromatic N) is 3. The zero-order chi connectivity index (χ0) is 22.8. The summed E-state index contributed by atoms with van der Waals surface area (Å²) in [5.41, 5.74) is -2.11. The van der Waals surface area contributed by atoms with E-state index in [2.05, 4.69) is 10.1 Å². The zero-order valence-corrected chi connectivity index (χ0v) is 18.3. The first-order valence-electron chi connectivity index (χ1n) is 8.89. The van der Waals surface area contributed by atoms with Gasteiger partial charge in [-0.3, -0.25) is 4.79 Å². The minimum Gasteiger partial charge on any atom is -0.382 e. The maximum absolute atomic E-state index is 12.8. The van der Waals surface area contributed by atoms with E-state index in [1.807, 2.05) is 0 Å². The molecule has 0 bridgehead atoms. The minimum atomic E-state index is -4.49. The van der Waals surface area contributed by atoms with Gasteiger partial charge in [0.2, 0.25) is 5.12 Å². The molecule has 0 radical (unpaired) electrons. The predicted octanol–water partition coefficient (Wildman–Crippen LogP) is 5.45. The number of carbonyl (C=O) groups excluding carboxylic acids is 1. The largest absolute Gasteiger partial charge is 0.416 e. The van der Waals surface area contributed by atoms with Crippen LogP contribution in [0.3, 0.4) is 0 Å². The molecule has 1 aromatic heterocycles. The number of hydrogen-bond acceptors (Lipinski definition) is 5. The van der Waals surface area contributed by atoms with E-state index in [9.17, 15) is 23.1 Å². The summed E-state index contributed by atoms with van der Waals surface area (Å²) in [5, 5.41) is 14.9. The van der Waals surface area contributed by atoms with Gasteiger partial charge in [0.05, 0.1) is 12.1 Å². The molecule has 3 aromatic rings. The van der Waals surface area contributed by atoms with Crippen molar-refractivity contribution in [1.29, 1.82) is 0 Å². The predicted molar refractivity (Wildman–Crippen MR) is 113 cm³/mol. The molecule has 0 aliphatic heterocycles. The standard InChI is InChI=1S/C20H16Cl2F3N3O2S/c1-12(31-18(29)13-2-4-14(5-3-13)20(23,24)25)19(30,9-28-11-26-10-27-28)16-7-6-15(21)8-17(16)22/h2-8,10-12,30H,9H2,1H3. The van der Waals surface area contributed by atoms with Crippen LogP contribution in [0, 0.1) is 0 Å². The topological polar surface area (TPSA) is 68.0 Å². The zero-order valence-electron chi connectivity index (χ0n) is 16.0. The first-order valence-corrected chi connectivity index (χ1v) is 10.5. The molecular formula is C20H16Cl2F3N3O2S. The second-order valence-electron chi connectivity index (χ2n) is 6.76. The van der Waals surface area contributed by atoms with Gasteiger partial charge in [-0.05, 0) is 43.3 Å². The highest BCUT2D eigenvalue weighted by molar-refractivity contribution is 8.14. The van der Waals surface area contributed by atoms with Gasteiger partial charge in [-0.1, -0.05) is 41.0 Å². The first kappa shape index (κ1) is 23.6. The van der Waals surface area contributed by atoms with Crippen LogP contribution in [0.15, 0.2) is 55.1 Å². The van der Waals surface area contributed by atoms with Gasteiger partial charge in [0.15, 0.2) is 0 Å². The number of benzene rings is 2. The van der Waals surface area contributed by atoms with Crippen LogP contribution in [0.4, 0.5) is 13.2 Å². The maximum Gasteiger partial charge on any atom is 0.416 e. The summed E-state index contributed by atoms with van der Waals surface area (Å²) in [6, 6.07) is 8.49.